The molecule has 0 saturated heterocycles. The summed E-state index contributed by atoms with van der Waals surface area (Å²) in [6, 6.07) is 22.7. The fourth-order valence-corrected chi connectivity index (χ4v) is 3.60. The Bertz CT molecular complexity index is 1120. The molecule has 1 atom stereocenters. The summed E-state index contributed by atoms with van der Waals surface area (Å²) in [5, 5.41) is 13.8. The number of aromatic amines is 1. The molecule has 0 saturated carbocycles. The average molecular weight is 391 g/mol. The average Bonchev–Trinajstić information content (AvgIpc) is 3.15. The van der Waals surface area contributed by atoms with Gasteiger partial charge in [-0.3, -0.25) is 4.79 Å². The standard InChI is InChI=1S/C23H19ClN2O2/c24-20-12-16(10-11-22(20)27)23(28)26-13-18(15-6-2-1-3-7-15)19-14-25-21-9-5-4-8-17(19)21/h1-12,14,18,25,27H,13H2,(H,26,28)/t18-/m1/s1. The summed E-state index contributed by atoms with van der Waals surface area (Å²) in [7, 11) is 0. The Morgan fingerprint density at radius 3 is 2.57 bits per heavy atom. The summed E-state index contributed by atoms with van der Waals surface area (Å²) >= 11 is 5.93. The quantitative estimate of drug-likeness (QED) is 0.444. The molecule has 0 bridgehead atoms. The van der Waals surface area contributed by atoms with Gasteiger partial charge in [-0.2, -0.15) is 0 Å². The van der Waals surface area contributed by atoms with Gasteiger partial charge in [0.25, 0.3) is 5.91 Å². The van der Waals surface area contributed by atoms with Gasteiger partial charge in [0.15, 0.2) is 0 Å². The third-order valence-corrected chi connectivity index (χ3v) is 5.18. The number of para-hydroxylation sites is 1. The smallest absolute Gasteiger partial charge is 0.251 e. The number of halogens is 1. The Kier molecular flexibility index (Phi) is 5.04. The number of hydrogen-bond donors (Lipinski definition) is 3. The van der Waals surface area contributed by atoms with Crippen LogP contribution in [0.1, 0.15) is 27.4 Å². The minimum Gasteiger partial charge on any atom is -0.506 e. The van der Waals surface area contributed by atoms with E-state index in [1.54, 1.807) is 6.07 Å². The third kappa shape index (κ3) is 3.59. The van der Waals surface area contributed by atoms with Gasteiger partial charge in [0.2, 0.25) is 0 Å². The predicted octanol–water partition coefficient (Wildman–Crippen LogP) is 5.09. The number of aromatic nitrogens is 1. The Labute approximate surface area is 167 Å². The minimum absolute atomic E-state index is 0.00566. The van der Waals surface area contributed by atoms with E-state index in [4.69, 9.17) is 11.6 Å². The molecule has 0 unspecified atom stereocenters. The van der Waals surface area contributed by atoms with Crippen molar-refractivity contribution >= 4 is 28.4 Å². The second-order valence-electron chi connectivity index (χ2n) is 6.63. The molecule has 3 N–H and O–H groups in total. The van der Waals surface area contributed by atoms with Crippen LogP contribution in [-0.2, 0) is 0 Å². The van der Waals surface area contributed by atoms with E-state index in [1.165, 1.54) is 12.1 Å². The number of H-pyrrole nitrogens is 1. The topological polar surface area (TPSA) is 65.1 Å². The summed E-state index contributed by atoms with van der Waals surface area (Å²) in [6.45, 7) is 0.434. The highest BCUT2D eigenvalue weighted by Crippen LogP contribution is 2.30. The second kappa shape index (κ2) is 7.79. The van der Waals surface area contributed by atoms with Crippen LogP contribution in [0.5, 0.6) is 5.75 Å². The van der Waals surface area contributed by atoms with Gasteiger partial charge in [-0.1, -0.05) is 60.1 Å². The maximum atomic E-state index is 12.6. The van der Waals surface area contributed by atoms with E-state index in [-0.39, 0.29) is 22.6 Å². The number of carbonyl (C=O) groups excluding carboxylic acids is 1. The first-order valence-electron chi connectivity index (χ1n) is 9.01. The first kappa shape index (κ1) is 18.1. The number of phenolic OH excluding ortho intramolecular Hbond substituents is 1. The number of phenols is 1. The van der Waals surface area contributed by atoms with Crippen molar-refractivity contribution in [2.45, 2.75) is 5.92 Å². The molecule has 4 nitrogen and oxygen atoms in total. The molecule has 1 heterocycles. The van der Waals surface area contributed by atoms with Crippen molar-refractivity contribution in [2.75, 3.05) is 6.54 Å². The summed E-state index contributed by atoms with van der Waals surface area (Å²) in [4.78, 5) is 15.9. The van der Waals surface area contributed by atoms with Crippen LogP contribution >= 0.6 is 11.6 Å². The Morgan fingerprint density at radius 1 is 1.04 bits per heavy atom. The van der Waals surface area contributed by atoms with E-state index < -0.39 is 0 Å². The normalized spacial score (nSPS) is 12.0. The van der Waals surface area contributed by atoms with Gasteiger partial charge in [-0.25, -0.2) is 0 Å². The molecule has 0 fully saturated rings. The first-order valence-corrected chi connectivity index (χ1v) is 9.39. The molecule has 0 aliphatic heterocycles. The van der Waals surface area contributed by atoms with Gasteiger partial charge >= 0.3 is 0 Å². The molecule has 5 heteroatoms. The number of amides is 1. The van der Waals surface area contributed by atoms with Crippen molar-refractivity contribution < 1.29 is 9.90 Å². The lowest BCUT2D eigenvalue weighted by atomic mass is 9.91. The van der Waals surface area contributed by atoms with Crippen LogP contribution in [0.15, 0.2) is 79.0 Å². The van der Waals surface area contributed by atoms with E-state index in [0.29, 0.717) is 12.1 Å². The van der Waals surface area contributed by atoms with Gasteiger partial charge in [-0.15, -0.1) is 0 Å². The molecule has 0 radical (unpaired) electrons. The highest BCUT2D eigenvalue weighted by molar-refractivity contribution is 6.32. The number of carbonyl (C=O) groups is 1. The van der Waals surface area contributed by atoms with Crippen molar-refractivity contribution in [1.29, 1.82) is 0 Å². The molecule has 1 amide bonds. The monoisotopic (exact) mass is 390 g/mol. The van der Waals surface area contributed by atoms with Crippen molar-refractivity contribution in [2.24, 2.45) is 0 Å². The van der Waals surface area contributed by atoms with Crippen LogP contribution in [0.2, 0.25) is 5.02 Å². The lowest BCUT2D eigenvalue weighted by Gasteiger charge is -2.18. The van der Waals surface area contributed by atoms with Gasteiger partial charge in [0.1, 0.15) is 5.75 Å². The van der Waals surface area contributed by atoms with Gasteiger partial charge in [-0.05, 0) is 35.4 Å². The van der Waals surface area contributed by atoms with Crippen LogP contribution in [0.4, 0.5) is 0 Å². The molecular formula is C23H19ClN2O2. The Hall–Kier alpha value is -3.24. The summed E-state index contributed by atoms with van der Waals surface area (Å²) in [5.41, 5.74) is 3.73. The molecule has 0 aliphatic carbocycles. The van der Waals surface area contributed by atoms with E-state index in [9.17, 15) is 9.90 Å². The van der Waals surface area contributed by atoms with Crippen molar-refractivity contribution in [1.82, 2.24) is 10.3 Å². The molecule has 28 heavy (non-hydrogen) atoms. The lowest BCUT2D eigenvalue weighted by molar-refractivity contribution is 0.0952. The summed E-state index contributed by atoms with van der Waals surface area (Å²) in [5.74, 6) is -0.282. The predicted molar refractivity (Wildman–Crippen MR) is 112 cm³/mol. The molecule has 4 rings (SSSR count). The van der Waals surface area contributed by atoms with Crippen LogP contribution in [-0.4, -0.2) is 22.5 Å². The van der Waals surface area contributed by atoms with Crippen LogP contribution in [0, 0.1) is 0 Å². The van der Waals surface area contributed by atoms with Gasteiger partial charge in [0, 0.05) is 35.1 Å². The number of benzene rings is 3. The zero-order valence-corrected chi connectivity index (χ0v) is 15.8. The van der Waals surface area contributed by atoms with Crippen molar-refractivity contribution in [3.05, 3.63) is 101 Å². The maximum absolute atomic E-state index is 12.6. The van der Waals surface area contributed by atoms with E-state index in [1.807, 2.05) is 42.6 Å². The summed E-state index contributed by atoms with van der Waals surface area (Å²) < 4.78 is 0. The number of nitrogens with one attached hydrogen (secondary N) is 2. The molecule has 0 aliphatic rings. The fourth-order valence-electron chi connectivity index (χ4n) is 3.42. The number of rotatable bonds is 5. The first-order chi connectivity index (χ1) is 13.6. The van der Waals surface area contributed by atoms with E-state index >= 15 is 0 Å². The minimum atomic E-state index is -0.234. The molecule has 0 spiro atoms. The third-order valence-electron chi connectivity index (χ3n) is 4.88. The highest BCUT2D eigenvalue weighted by atomic mass is 35.5. The van der Waals surface area contributed by atoms with Crippen LogP contribution < -0.4 is 5.32 Å². The molecule has 4 aromatic rings. The summed E-state index contributed by atoms with van der Waals surface area (Å²) in [6.07, 6.45) is 2.01. The van der Waals surface area contributed by atoms with Crippen LogP contribution in [0.3, 0.4) is 0 Å². The van der Waals surface area contributed by atoms with Crippen molar-refractivity contribution in [3.8, 4) is 5.75 Å². The van der Waals surface area contributed by atoms with E-state index in [0.717, 1.165) is 22.0 Å². The Morgan fingerprint density at radius 2 is 1.79 bits per heavy atom. The number of hydrogen-bond acceptors (Lipinski definition) is 2. The maximum Gasteiger partial charge on any atom is 0.251 e. The van der Waals surface area contributed by atoms with Gasteiger partial charge in [0.05, 0.1) is 5.02 Å². The number of aromatic hydroxyl groups is 1. The van der Waals surface area contributed by atoms with Crippen molar-refractivity contribution in [3.63, 3.8) is 0 Å². The Balaban J connectivity index is 1.63. The molecule has 3 aromatic carbocycles. The zero-order valence-electron chi connectivity index (χ0n) is 15.0. The molecular weight excluding hydrogens is 372 g/mol. The fraction of sp³-hybridized carbons (Fsp3) is 0.0870. The van der Waals surface area contributed by atoms with Crippen LogP contribution in [0.25, 0.3) is 10.9 Å². The van der Waals surface area contributed by atoms with Gasteiger partial charge < -0.3 is 15.4 Å². The highest BCUT2D eigenvalue weighted by Gasteiger charge is 2.19. The largest absolute Gasteiger partial charge is 0.506 e. The lowest BCUT2D eigenvalue weighted by Crippen LogP contribution is -2.28. The molecule has 140 valence electrons. The molecule has 1 aromatic heterocycles. The SMILES string of the molecule is O=C(NC[C@H](c1ccccc1)c1c[nH]c2ccccc12)c1ccc(O)c(Cl)c1. The van der Waals surface area contributed by atoms with E-state index in [2.05, 4.69) is 28.5 Å². The zero-order chi connectivity index (χ0) is 19.5. The number of fused-ring (bicyclic) bond motifs is 1. The second-order valence-corrected chi connectivity index (χ2v) is 7.04.